The van der Waals surface area contributed by atoms with Crippen molar-refractivity contribution in [3.05, 3.63) is 45.5 Å². The van der Waals surface area contributed by atoms with Crippen molar-refractivity contribution in [3.8, 4) is 5.75 Å². The lowest BCUT2D eigenvalue weighted by molar-refractivity contribution is -0.171. The van der Waals surface area contributed by atoms with Gasteiger partial charge < -0.3 is 40.5 Å². The maximum absolute atomic E-state index is 14.0. The summed E-state index contributed by atoms with van der Waals surface area (Å²) in [5.74, 6) is 1.13. The lowest BCUT2D eigenvalue weighted by Gasteiger charge is -2.62. The van der Waals surface area contributed by atoms with Gasteiger partial charge in [-0.3, -0.25) is 29.0 Å². The number of thioether (sulfide) groups is 1. The third kappa shape index (κ3) is 14.6. The van der Waals surface area contributed by atoms with Crippen molar-refractivity contribution in [1.82, 2.24) is 25.4 Å². The van der Waals surface area contributed by atoms with E-state index >= 15 is 0 Å². The number of likely N-dealkylation sites (N-methyl/N-ethyl adjacent to an activating group) is 1. The average Bonchev–Trinajstić information content (AvgIpc) is 1.35. The van der Waals surface area contributed by atoms with E-state index in [2.05, 4.69) is 48.3 Å². The second-order valence-corrected chi connectivity index (χ2v) is 29.4. The van der Waals surface area contributed by atoms with Crippen molar-refractivity contribution in [1.29, 1.82) is 0 Å². The highest BCUT2D eigenvalue weighted by atomic mass is 32.2. The number of ether oxygens (including phenoxy) is 1. The fourth-order valence-corrected chi connectivity index (χ4v) is 18.2. The van der Waals surface area contributed by atoms with Gasteiger partial charge in [0.15, 0.2) is 17.6 Å². The van der Waals surface area contributed by atoms with Crippen LogP contribution in [0.15, 0.2) is 45.5 Å². The second kappa shape index (κ2) is 27.9. The van der Waals surface area contributed by atoms with Crippen LogP contribution in [0.4, 0.5) is 4.79 Å². The molecule has 0 bridgehead atoms. The van der Waals surface area contributed by atoms with Crippen molar-refractivity contribution in [2.45, 2.75) is 196 Å². The number of aromatic nitrogens is 1. The number of ketones is 2. The number of fused-ring (bicyclic) bond motifs is 6. The number of hydrogen-bond acceptors (Lipinski definition) is 14. The van der Waals surface area contributed by atoms with Crippen LogP contribution in [-0.2, 0) is 33.6 Å². The molecule has 6 aliphatic rings. The number of aliphatic hydroxyl groups excluding tert-OH is 1. The number of carbonyl (C=O) groups excluding carboxylic acids is 6. The van der Waals surface area contributed by atoms with Crippen LogP contribution in [0.25, 0.3) is 10.2 Å². The van der Waals surface area contributed by atoms with Crippen LogP contribution in [0.1, 0.15) is 183 Å². The number of benzene rings is 1. The Kier molecular flexibility index (Phi) is 21.6. The molecule has 0 spiro atoms. The number of aliphatic carboxylic acids is 2. The highest BCUT2D eigenvalue weighted by Crippen LogP contribution is 2.68. The molecule has 8 rings (SSSR count). The smallest absolute Gasteiger partial charge is 0.415 e. The minimum Gasteiger partial charge on any atom is -0.480 e. The predicted octanol–water partition coefficient (Wildman–Crippen LogP) is 10.8. The third-order valence-corrected chi connectivity index (χ3v) is 23.6. The SMILES string of the molecule is CC1=C(C)C(=O)C(C(C)(C)CC(=O)N(C)CCN(CCCCCC(=O)NCCCCC(NC(=O)CC[C@@H](C)[C@H]2CC[C@H]3[C@@H]4CC[C@@H]5C[C@H](C)CC[C@]5(C)[C@H]4C[C@H](O)[C@]23C)C(=O)O)C(=O)Oc2ccc3nc(C4=NC(C(=O)O)CS4)sc3c2)=C(C)C1=O. The second-order valence-electron chi connectivity index (χ2n) is 27.4. The van der Waals surface area contributed by atoms with Crippen LogP contribution in [0, 0.1) is 57.7 Å². The minimum atomic E-state index is -1.09. The predicted molar refractivity (Wildman–Crippen MR) is 334 cm³/mol. The van der Waals surface area contributed by atoms with Crippen LogP contribution < -0.4 is 15.4 Å². The van der Waals surface area contributed by atoms with Crippen molar-refractivity contribution in [2.24, 2.45) is 62.7 Å². The van der Waals surface area contributed by atoms with Gasteiger partial charge in [0.05, 0.1) is 16.3 Å². The number of aliphatic imine (C=N–C) groups is 1. The minimum absolute atomic E-state index is 0.0540. The molecule has 1 aromatic carbocycles. The van der Waals surface area contributed by atoms with Crippen LogP contribution >= 0.6 is 23.1 Å². The van der Waals surface area contributed by atoms with Crippen molar-refractivity contribution in [2.75, 3.05) is 39.0 Å². The highest BCUT2D eigenvalue weighted by molar-refractivity contribution is 8.15. The number of carboxylic acid groups (broad SMARTS) is 2. The number of carboxylic acids is 2. The Morgan fingerprint density at radius 2 is 1.59 bits per heavy atom. The Labute approximate surface area is 516 Å². The summed E-state index contributed by atoms with van der Waals surface area (Å²) in [6.07, 6.45) is 12.5. The Bertz CT molecular complexity index is 3020. The molecule has 5 aliphatic carbocycles. The Morgan fingerprint density at radius 3 is 2.31 bits per heavy atom. The van der Waals surface area contributed by atoms with Gasteiger partial charge in [0.2, 0.25) is 17.7 Å². The van der Waals surface area contributed by atoms with Gasteiger partial charge >= 0.3 is 18.0 Å². The third-order valence-electron chi connectivity index (χ3n) is 21.4. The van der Waals surface area contributed by atoms with Crippen molar-refractivity contribution < 1.29 is 58.4 Å². The largest absolute Gasteiger partial charge is 0.480 e. The molecule has 4 saturated carbocycles. The summed E-state index contributed by atoms with van der Waals surface area (Å²) < 4.78 is 6.62. The molecule has 86 heavy (non-hydrogen) atoms. The van der Waals surface area contributed by atoms with E-state index in [1.165, 1.54) is 65.0 Å². The van der Waals surface area contributed by atoms with Crippen LogP contribution in [0.2, 0.25) is 0 Å². The number of nitrogens with zero attached hydrogens (tertiary/aromatic N) is 4. The summed E-state index contributed by atoms with van der Waals surface area (Å²) in [6.45, 7) is 18.8. The number of unbranched alkanes of at least 4 members (excludes halogenated alkanes) is 3. The zero-order valence-corrected chi connectivity index (χ0v) is 54.0. The van der Waals surface area contributed by atoms with Gasteiger partial charge in [0, 0.05) is 92.0 Å². The molecular formula is C66H94N6O12S2. The van der Waals surface area contributed by atoms with Crippen molar-refractivity contribution >= 4 is 85.7 Å². The first-order chi connectivity index (χ1) is 40.6. The molecule has 12 atom stereocenters. The fourth-order valence-electron chi connectivity index (χ4n) is 16.1. The summed E-state index contributed by atoms with van der Waals surface area (Å²) in [7, 11) is 1.62. The normalized spacial score (nSPS) is 28.1. The number of rotatable bonds is 26. The molecule has 0 saturated heterocycles. The number of hydrogen-bond donors (Lipinski definition) is 5. The lowest BCUT2D eigenvalue weighted by Crippen LogP contribution is -2.58. The Morgan fingerprint density at radius 1 is 0.849 bits per heavy atom. The Hall–Kier alpha value is -5.47. The molecule has 2 heterocycles. The molecule has 1 aliphatic heterocycles. The van der Waals surface area contributed by atoms with E-state index < -0.39 is 35.5 Å². The molecular weight excluding hydrogens is 1130 g/mol. The summed E-state index contributed by atoms with van der Waals surface area (Å²) >= 11 is 2.64. The van der Waals surface area contributed by atoms with Gasteiger partial charge in [-0.25, -0.2) is 19.4 Å². The van der Waals surface area contributed by atoms with Gasteiger partial charge in [-0.15, -0.1) is 23.1 Å². The molecule has 0 radical (unpaired) electrons. The van der Waals surface area contributed by atoms with Gasteiger partial charge in [0.1, 0.15) is 21.8 Å². The summed E-state index contributed by atoms with van der Waals surface area (Å²) in [5, 5.41) is 38.3. The highest BCUT2D eigenvalue weighted by Gasteiger charge is 2.63. The topological polar surface area (TPSA) is 262 Å². The first-order valence-electron chi connectivity index (χ1n) is 31.6. The van der Waals surface area contributed by atoms with E-state index in [1.807, 2.05) is 0 Å². The number of amides is 4. The Balaban J connectivity index is 0.769. The maximum atomic E-state index is 14.0. The molecule has 472 valence electrons. The average molecular weight is 1230 g/mol. The molecule has 18 nitrogen and oxygen atoms in total. The standard InChI is InChI=1S/C66H94N6O12S2/c1-37-26-27-65(8)42(32-37)19-21-44-46-23-22-45(66(46,9)52(73)34-47(44)65)38(2)18-25-54(75)68-49(61(79)80)16-13-14-28-67-53(74)17-12-11-15-29-72(31-30-71(10)55(76)35-64(6,7)56-41(5)57(77)39(3)40(4)58(56)78)63(83)84-43-20-24-48-51(33-43)86-60(69-48)59-70-50(36-85-59)62(81)82/h20,24,33,37-38,42,44-47,49-50,52,73H,11-19,21-23,25-32,34-36H2,1-10H3,(H,67,74)(H,68,75)(H,79,80)(H,81,82)/t37-,38-,42-,44+,45-,46+,47+,49?,50?,52+,65+,66-/m1/s1. The zero-order valence-electron chi connectivity index (χ0n) is 52.4. The number of carbonyl (C=O) groups is 8. The molecule has 2 unspecified atom stereocenters. The summed E-state index contributed by atoms with van der Waals surface area (Å²) in [5.41, 5.74) is 1.25. The number of aliphatic hydroxyl groups is 1. The van der Waals surface area contributed by atoms with Gasteiger partial charge in [0.25, 0.3) is 0 Å². The quantitative estimate of drug-likeness (QED) is 0.0433. The molecule has 4 fully saturated rings. The molecule has 20 heteroatoms. The van der Waals surface area contributed by atoms with E-state index in [0.717, 1.165) is 31.1 Å². The number of thiazole rings is 1. The first kappa shape index (κ1) is 66.5. The molecule has 2 aromatic rings. The zero-order chi connectivity index (χ0) is 62.6. The summed E-state index contributed by atoms with van der Waals surface area (Å²) in [6, 6.07) is 3.16. The molecule has 1 aromatic heterocycles. The van der Waals surface area contributed by atoms with Crippen LogP contribution in [0.5, 0.6) is 5.75 Å². The lowest BCUT2D eigenvalue weighted by atomic mass is 9.43. The number of allylic oxidation sites excluding steroid dienone is 4. The van der Waals surface area contributed by atoms with E-state index in [1.54, 1.807) is 59.9 Å². The maximum Gasteiger partial charge on any atom is 0.415 e. The monoisotopic (exact) mass is 1230 g/mol. The van der Waals surface area contributed by atoms with E-state index in [0.29, 0.717) is 122 Å². The van der Waals surface area contributed by atoms with Crippen LogP contribution in [-0.4, -0.2) is 140 Å². The number of nitrogens with one attached hydrogen (secondary N) is 2. The fraction of sp³-hybridized carbons (Fsp3) is 0.697. The van der Waals surface area contributed by atoms with Crippen LogP contribution in [0.3, 0.4) is 0 Å². The number of Topliss-reactive ketones (excluding diaryl/α,β-unsaturated/α-hetero) is 2. The molecule has 4 amide bonds. The van der Waals surface area contributed by atoms with E-state index in [-0.39, 0.29) is 97.8 Å². The van der Waals surface area contributed by atoms with Gasteiger partial charge in [-0.2, -0.15) is 0 Å². The first-order valence-corrected chi connectivity index (χ1v) is 33.4. The van der Waals surface area contributed by atoms with Gasteiger partial charge in [-0.05, 0) is 169 Å². The van der Waals surface area contributed by atoms with E-state index in [4.69, 9.17) is 4.74 Å². The van der Waals surface area contributed by atoms with Crippen molar-refractivity contribution in [3.63, 3.8) is 0 Å². The van der Waals surface area contributed by atoms with Gasteiger partial charge in [-0.1, -0.05) is 54.4 Å². The molecule has 5 N–H and O–H groups in total. The van der Waals surface area contributed by atoms with E-state index in [9.17, 15) is 53.7 Å². The summed E-state index contributed by atoms with van der Waals surface area (Å²) in [4.78, 5) is 116.